The van der Waals surface area contributed by atoms with Crippen LogP contribution in [0.25, 0.3) is 0 Å². The Morgan fingerprint density at radius 2 is 2.67 bits per heavy atom. The van der Waals surface area contributed by atoms with Crippen molar-refractivity contribution in [2.24, 2.45) is 11.1 Å². The largest absolute Gasteiger partial charge is 0.465 e. The second-order valence-electron chi connectivity index (χ2n) is 2.41. The van der Waals surface area contributed by atoms with E-state index in [1.807, 2.05) is 0 Å². The van der Waals surface area contributed by atoms with Gasteiger partial charge in [-0.25, -0.2) is 0 Å². The van der Waals surface area contributed by atoms with E-state index in [2.05, 4.69) is 5.16 Å². The van der Waals surface area contributed by atoms with Crippen molar-refractivity contribution >= 4 is 23.4 Å². The number of hydrogen-bond donors (Lipinski definition) is 1. The van der Waals surface area contributed by atoms with Crippen molar-refractivity contribution in [2.75, 3.05) is 18.1 Å². The van der Waals surface area contributed by atoms with Crippen molar-refractivity contribution in [3.8, 4) is 0 Å². The van der Waals surface area contributed by atoms with E-state index in [9.17, 15) is 4.79 Å². The van der Waals surface area contributed by atoms with Crippen molar-refractivity contribution in [1.82, 2.24) is 0 Å². The van der Waals surface area contributed by atoms with E-state index < -0.39 is 0 Å². The van der Waals surface area contributed by atoms with Crippen LogP contribution in [0.4, 0.5) is 0 Å². The van der Waals surface area contributed by atoms with Crippen molar-refractivity contribution in [2.45, 2.75) is 6.92 Å². The zero-order valence-corrected chi connectivity index (χ0v) is 7.63. The molecule has 0 amide bonds. The SMILES string of the molecule is CCOC(=O)C1CSC/C1=N/O. The third-order valence-corrected chi connectivity index (χ3v) is 2.71. The monoisotopic (exact) mass is 189 g/mol. The minimum atomic E-state index is -0.333. The molecule has 1 aliphatic heterocycles. The van der Waals surface area contributed by atoms with E-state index in [-0.39, 0.29) is 11.9 Å². The number of oxime groups is 1. The quantitative estimate of drug-likeness (QED) is 0.395. The number of nitrogens with zero attached hydrogens (tertiary/aromatic N) is 1. The highest BCUT2D eigenvalue weighted by Crippen LogP contribution is 2.22. The van der Waals surface area contributed by atoms with Gasteiger partial charge in [-0.3, -0.25) is 4.79 Å². The molecule has 12 heavy (non-hydrogen) atoms. The summed E-state index contributed by atoms with van der Waals surface area (Å²) in [5, 5.41) is 11.6. The standard InChI is InChI=1S/C7H11NO3S/c1-2-11-7(9)5-3-12-4-6(5)8-10/h5,10H,2-4H2,1H3/b8-6-. The average molecular weight is 189 g/mol. The van der Waals surface area contributed by atoms with Crippen LogP contribution in [0.2, 0.25) is 0 Å². The summed E-state index contributed by atoms with van der Waals surface area (Å²) < 4.78 is 4.81. The van der Waals surface area contributed by atoms with Crippen LogP contribution < -0.4 is 0 Å². The highest BCUT2D eigenvalue weighted by atomic mass is 32.2. The maximum Gasteiger partial charge on any atom is 0.315 e. The second kappa shape index (κ2) is 4.35. The lowest BCUT2D eigenvalue weighted by Crippen LogP contribution is -2.24. The van der Waals surface area contributed by atoms with Crippen LogP contribution in [0.1, 0.15) is 6.92 Å². The number of esters is 1. The molecule has 1 N–H and O–H groups in total. The number of carbonyl (C=O) groups is 1. The maximum atomic E-state index is 11.2. The van der Waals surface area contributed by atoms with Crippen LogP contribution in [0.5, 0.6) is 0 Å². The minimum Gasteiger partial charge on any atom is -0.465 e. The van der Waals surface area contributed by atoms with Crippen LogP contribution in [-0.2, 0) is 9.53 Å². The fourth-order valence-electron chi connectivity index (χ4n) is 1.02. The summed E-state index contributed by atoms with van der Waals surface area (Å²) in [7, 11) is 0. The molecule has 1 unspecified atom stereocenters. The summed E-state index contributed by atoms with van der Waals surface area (Å²) in [6.45, 7) is 2.13. The third-order valence-electron chi connectivity index (χ3n) is 1.64. The van der Waals surface area contributed by atoms with Crippen molar-refractivity contribution in [1.29, 1.82) is 0 Å². The first-order chi connectivity index (χ1) is 5.79. The lowest BCUT2D eigenvalue weighted by Gasteiger charge is -2.06. The molecule has 0 spiro atoms. The first-order valence-corrected chi connectivity index (χ1v) is 4.90. The molecule has 0 aliphatic carbocycles. The molecule has 1 atom stereocenters. The molecule has 1 saturated heterocycles. The molecule has 0 saturated carbocycles. The topological polar surface area (TPSA) is 58.9 Å². The van der Waals surface area contributed by atoms with Gasteiger partial charge in [0.2, 0.25) is 0 Å². The van der Waals surface area contributed by atoms with Crippen LogP contribution >= 0.6 is 11.8 Å². The summed E-state index contributed by atoms with van der Waals surface area (Å²) in [4.78, 5) is 11.2. The van der Waals surface area contributed by atoms with Gasteiger partial charge in [0.15, 0.2) is 0 Å². The van der Waals surface area contributed by atoms with Gasteiger partial charge in [-0.15, -0.1) is 0 Å². The molecule has 0 radical (unpaired) electrons. The molecular weight excluding hydrogens is 178 g/mol. The number of rotatable bonds is 2. The van der Waals surface area contributed by atoms with Crippen molar-refractivity contribution in [3.63, 3.8) is 0 Å². The first-order valence-electron chi connectivity index (χ1n) is 3.74. The zero-order valence-electron chi connectivity index (χ0n) is 6.82. The maximum absolute atomic E-state index is 11.2. The molecule has 4 nitrogen and oxygen atoms in total. The molecule has 0 bridgehead atoms. The van der Waals surface area contributed by atoms with Crippen LogP contribution in [0, 0.1) is 5.92 Å². The molecule has 0 aromatic heterocycles. The number of ether oxygens (including phenoxy) is 1. The number of hydrogen-bond acceptors (Lipinski definition) is 5. The summed E-state index contributed by atoms with van der Waals surface area (Å²) in [6, 6.07) is 0. The van der Waals surface area contributed by atoms with E-state index in [4.69, 9.17) is 9.94 Å². The van der Waals surface area contributed by atoms with E-state index in [0.717, 1.165) is 0 Å². The Balaban J connectivity index is 2.56. The fourth-order valence-corrected chi connectivity index (χ4v) is 2.17. The molecule has 0 aromatic rings. The third kappa shape index (κ3) is 1.91. The molecule has 0 aromatic carbocycles. The Labute approximate surface area is 75.0 Å². The van der Waals surface area contributed by atoms with Gasteiger partial charge >= 0.3 is 5.97 Å². The lowest BCUT2D eigenvalue weighted by molar-refractivity contribution is -0.144. The van der Waals surface area contributed by atoms with E-state index in [1.165, 1.54) is 0 Å². The summed E-state index contributed by atoms with van der Waals surface area (Å²) in [6.07, 6.45) is 0. The lowest BCUT2D eigenvalue weighted by atomic mass is 10.1. The summed E-state index contributed by atoms with van der Waals surface area (Å²) >= 11 is 1.58. The van der Waals surface area contributed by atoms with Gasteiger partial charge in [-0.1, -0.05) is 5.16 Å². The van der Waals surface area contributed by atoms with Crippen LogP contribution in [0.15, 0.2) is 5.16 Å². The van der Waals surface area contributed by atoms with Crippen molar-refractivity contribution < 1.29 is 14.7 Å². The Kier molecular flexibility index (Phi) is 3.40. The summed E-state index contributed by atoms with van der Waals surface area (Å²) in [5.74, 6) is 0.674. The van der Waals surface area contributed by atoms with Gasteiger partial charge in [0.25, 0.3) is 0 Å². The van der Waals surface area contributed by atoms with Crippen molar-refractivity contribution in [3.05, 3.63) is 0 Å². The predicted molar refractivity (Wildman–Crippen MR) is 46.7 cm³/mol. The molecule has 1 rings (SSSR count). The smallest absolute Gasteiger partial charge is 0.315 e. The zero-order chi connectivity index (χ0) is 8.97. The van der Waals surface area contributed by atoms with Gasteiger partial charge in [-0.05, 0) is 6.92 Å². The van der Waals surface area contributed by atoms with Gasteiger partial charge in [-0.2, -0.15) is 11.8 Å². The second-order valence-corrected chi connectivity index (χ2v) is 3.44. The minimum absolute atomic E-state index is 0.282. The van der Waals surface area contributed by atoms with E-state index >= 15 is 0 Å². The molecule has 68 valence electrons. The Hall–Kier alpha value is -0.710. The van der Waals surface area contributed by atoms with Gasteiger partial charge in [0.1, 0.15) is 5.92 Å². The van der Waals surface area contributed by atoms with Gasteiger partial charge in [0.05, 0.1) is 12.3 Å². The fraction of sp³-hybridized carbons (Fsp3) is 0.714. The van der Waals surface area contributed by atoms with Crippen LogP contribution in [-0.4, -0.2) is 35.0 Å². The first kappa shape index (κ1) is 9.38. The van der Waals surface area contributed by atoms with E-state index in [0.29, 0.717) is 23.8 Å². The van der Waals surface area contributed by atoms with Gasteiger partial charge < -0.3 is 9.94 Å². The highest BCUT2D eigenvalue weighted by molar-refractivity contribution is 8.00. The van der Waals surface area contributed by atoms with E-state index in [1.54, 1.807) is 18.7 Å². The van der Waals surface area contributed by atoms with Crippen LogP contribution in [0.3, 0.4) is 0 Å². The molecule has 1 heterocycles. The molecule has 1 fully saturated rings. The average Bonchev–Trinajstić information content (AvgIpc) is 2.51. The Morgan fingerprint density at radius 3 is 3.25 bits per heavy atom. The normalized spacial score (nSPS) is 26.1. The highest BCUT2D eigenvalue weighted by Gasteiger charge is 2.31. The predicted octanol–water partition coefficient (Wildman–Crippen LogP) is 0.743. The Morgan fingerprint density at radius 1 is 1.92 bits per heavy atom. The van der Waals surface area contributed by atoms with Gasteiger partial charge in [0, 0.05) is 11.5 Å². The Bertz CT molecular complexity index is 205. The number of carbonyl (C=O) groups excluding carboxylic acids is 1. The molecule has 5 heteroatoms. The molecular formula is C7H11NO3S. The molecule has 1 aliphatic rings. The number of thioether (sulfide) groups is 1. The summed E-state index contributed by atoms with van der Waals surface area (Å²) in [5.41, 5.74) is 0.526.